The number of piperidine rings is 1. The number of carbonyl (C=O) groups is 2. The molecular formula is C16H21NO4. The van der Waals surface area contributed by atoms with E-state index < -0.39 is 5.97 Å². The monoisotopic (exact) mass is 291 g/mol. The second-order valence-electron chi connectivity index (χ2n) is 5.28. The molecule has 2 rings (SSSR count). The molecule has 0 atom stereocenters. The first-order valence-corrected chi connectivity index (χ1v) is 7.36. The number of carboxylic acid groups (broad SMARTS) is 1. The van der Waals surface area contributed by atoms with Crippen LogP contribution in [0.3, 0.4) is 0 Å². The summed E-state index contributed by atoms with van der Waals surface area (Å²) in [5.41, 5.74) is 0.595. The molecule has 1 amide bonds. The minimum absolute atomic E-state index is 0.0548. The fourth-order valence-corrected chi connectivity index (χ4v) is 2.45. The number of carboxylic acids is 1. The molecule has 0 unspecified atom stereocenters. The Bertz CT molecular complexity index is 507. The van der Waals surface area contributed by atoms with Gasteiger partial charge in [0.15, 0.2) is 0 Å². The van der Waals surface area contributed by atoms with Crippen LogP contribution in [0.25, 0.3) is 0 Å². The van der Waals surface area contributed by atoms with Crippen LogP contribution in [0.4, 0.5) is 0 Å². The summed E-state index contributed by atoms with van der Waals surface area (Å²) in [4.78, 5) is 25.1. The molecule has 0 saturated carbocycles. The Balaban J connectivity index is 1.99. The van der Waals surface area contributed by atoms with Crippen LogP contribution >= 0.6 is 0 Å². The second kappa shape index (κ2) is 7.11. The number of ether oxygens (including phenoxy) is 1. The molecule has 0 aliphatic carbocycles. The number of likely N-dealkylation sites (tertiary alicyclic amines) is 1. The maximum atomic E-state index is 12.4. The lowest BCUT2D eigenvalue weighted by atomic mass is 9.96. The summed E-state index contributed by atoms with van der Waals surface area (Å²) in [6.45, 7) is 3.65. The largest absolute Gasteiger partial charge is 0.494 e. The van der Waals surface area contributed by atoms with E-state index in [4.69, 9.17) is 9.84 Å². The fraction of sp³-hybridized carbons (Fsp3) is 0.500. The van der Waals surface area contributed by atoms with Gasteiger partial charge in [0.1, 0.15) is 5.75 Å². The second-order valence-corrected chi connectivity index (χ2v) is 5.28. The van der Waals surface area contributed by atoms with Crippen LogP contribution in [-0.2, 0) is 4.79 Å². The number of nitrogens with zero attached hydrogens (tertiary/aromatic N) is 1. The number of hydrogen-bond donors (Lipinski definition) is 1. The third-order valence-corrected chi connectivity index (χ3v) is 3.69. The SMILES string of the molecule is CCCOc1cccc(C(=O)N2CCC(C(=O)O)CC2)c1. The predicted octanol–water partition coefficient (Wildman–Crippen LogP) is 2.41. The van der Waals surface area contributed by atoms with Crippen molar-refractivity contribution in [1.82, 2.24) is 4.90 Å². The third-order valence-electron chi connectivity index (χ3n) is 3.69. The van der Waals surface area contributed by atoms with Crippen molar-refractivity contribution < 1.29 is 19.4 Å². The van der Waals surface area contributed by atoms with E-state index in [1.165, 1.54) is 0 Å². The highest BCUT2D eigenvalue weighted by molar-refractivity contribution is 5.94. The van der Waals surface area contributed by atoms with E-state index in [9.17, 15) is 9.59 Å². The molecule has 0 radical (unpaired) electrons. The van der Waals surface area contributed by atoms with Crippen LogP contribution in [0, 0.1) is 5.92 Å². The van der Waals surface area contributed by atoms with Crippen molar-refractivity contribution in [1.29, 1.82) is 0 Å². The molecule has 1 aromatic carbocycles. The van der Waals surface area contributed by atoms with E-state index in [1.807, 2.05) is 19.1 Å². The molecule has 5 heteroatoms. The van der Waals surface area contributed by atoms with Crippen molar-refractivity contribution in [3.63, 3.8) is 0 Å². The Hall–Kier alpha value is -2.04. The summed E-state index contributed by atoms with van der Waals surface area (Å²) in [6.07, 6.45) is 1.96. The summed E-state index contributed by atoms with van der Waals surface area (Å²) in [6, 6.07) is 7.16. The molecule has 1 heterocycles. The van der Waals surface area contributed by atoms with Gasteiger partial charge in [-0.15, -0.1) is 0 Å². The molecule has 1 saturated heterocycles. The molecule has 0 aromatic heterocycles. The Kier molecular flexibility index (Phi) is 5.20. The Morgan fingerprint density at radius 3 is 2.67 bits per heavy atom. The molecule has 1 aromatic rings. The van der Waals surface area contributed by atoms with Gasteiger partial charge in [-0.1, -0.05) is 13.0 Å². The smallest absolute Gasteiger partial charge is 0.306 e. The number of aliphatic carboxylic acids is 1. The number of hydrogen-bond acceptors (Lipinski definition) is 3. The first-order valence-electron chi connectivity index (χ1n) is 7.36. The van der Waals surface area contributed by atoms with E-state index in [0.717, 1.165) is 6.42 Å². The van der Waals surface area contributed by atoms with E-state index in [2.05, 4.69) is 0 Å². The van der Waals surface area contributed by atoms with Gasteiger partial charge < -0.3 is 14.7 Å². The lowest BCUT2D eigenvalue weighted by Gasteiger charge is -2.30. The van der Waals surface area contributed by atoms with Crippen molar-refractivity contribution in [2.24, 2.45) is 5.92 Å². The zero-order valence-electron chi connectivity index (χ0n) is 12.2. The average molecular weight is 291 g/mol. The zero-order valence-corrected chi connectivity index (χ0v) is 12.2. The Labute approximate surface area is 124 Å². The number of amides is 1. The Morgan fingerprint density at radius 2 is 2.05 bits per heavy atom. The highest BCUT2D eigenvalue weighted by Crippen LogP contribution is 2.21. The van der Waals surface area contributed by atoms with Gasteiger partial charge in [-0.2, -0.15) is 0 Å². The van der Waals surface area contributed by atoms with Gasteiger partial charge in [-0.25, -0.2) is 0 Å². The van der Waals surface area contributed by atoms with Gasteiger partial charge in [-0.05, 0) is 37.5 Å². The fourth-order valence-electron chi connectivity index (χ4n) is 2.45. The highest BCUT2D eigenvalue weighted by Gasteiger charge is 2.27. The van der Waals surface area contributed by atoms with Crippen molar-refractivity contribution in [2.75, 3.05) is 19.7 Å². The molecule has 1 aliphatic rings. The Morgan fingerprint density at radius 1 is 1.33 bits per heavy atom. The lowest BCUT2D eigenvalue weighted by Crippen LogP contribution is -2.40. The van der Waals surface area contributed by atoms with E-state index in [1.54, 1.807) is 17.0 Å². The van der Waals surface area contributed by atoms with Crippen LogP contribution in [0.5, 0.6) is 5.75 Å². The van der Waals surface area contributed by atoms with Crippen molar-refractivity contribution >= 4 is 11.9 Å². The normalized spacial score (nSPS) is 15.8. The van der Waals surface area contributed by atoms with Gasteiger partial charge in [-0.3, -0.25) is 9.59 Å². The number of benzene rings is 1. The maximum absolute atomic E-state index is 12.4. The molecule has 1 N–H and O–H groups in total. The molecule has 114 valence electrons. The number of carbonyl (C=O) groups excluding carboxylic acids is 1. The van der Waals surface area contributed by atoms with E-state index in [0.29, 0.717) is 43.9 Å². The molecule has 0 bridgehead atoms. The average Bonchev–Trinajstić information content (AvgIpc) is 2.52. The molecular weight excluding hydrogens is 270 g/mol. The topological polar surface area (TPSA) is 66.8 Å². The molecule has 1 aliphatic heterocycles. The molecule has 1 fully saturated rings. The minimum atomic E-state index is -0.767. The molecule has 21 heavy (non-hydrogen) atoms. The van der Waals surface area contributed by atoms with Crippen LogP contribution in [0.1, 0.15) is 36.5 Å². The van der Waals surface area contributed by atoms with E-state index in [-0.39, 0.29) is 11.8 Å². The lowest BCUT2D eigenvalue weighted by molar-refractivity contribution is -0.143. The third kappa shape index (κ3) is 3.97. The van der Waals surface area contributed by atoms with Gasteiger partial charge in [0.05, 0.1) is 12.5 Å². The summed E-state index contributed by atoms with van der Waals surface area (Å²) >= 11 is 0. The highest BCUT2D eigenvalue weighted by atomic mass is 16.5. The van der Waals surface area contributed by atoms with Gasteiger partial charge in [0, 0.05) is 18.7 Å². The van der Waals surface area contributed by atoms with Gasteiger partial charge in [0.2, 0.25) is 0 Å². The first kappa shape index (κ1) is 15.4. The van der Waals surface area contributed by atoms with Gasteiger partial charge in [0.25, 0.3) is 5.91 Å². The van der Waals surface area contributed by atoms with Crippen molar-refractivity contribution in [2.45, 2.75) is 26.2 Å². The van der Waals surface area contributed by atoms with E-state index >= 15 is 0 Å². The van der Waals surface area contributed by atoms with Crippen LogP contribution in [-0.4, -0.2) is 41.6 Å². The first-order chi connectivity index (χ1) is 10.1. The summed E-state index contributed by atoms with van der Waals surface area (Å²) in [5, 5.41) is 8.98. The summed E-state index contributed by atoms with van der Waals surface area (Å²) < 4.78 is 5.53. The van der Waals surface area contributed by atoms with Crippen molar-refractivity contribution in [3.8, 4) is 5.75 Å². The zero-order chi connectivity index (χ0) is 15.2. The van der Waals surface area contributed by atoms with Crippen molar-refractivity contribution in [3.05, 3.63) is 29.8 Å². The van der Waals surface area contributed by atoms with Crippen LogP contribution in [0.15, 0.2) is 24.3 Å². The van der Waals surface area contributed by atoms with Crippen LogP contribution < -0.4 is 4.74 Å². The minimum Gasteiger partial charge on any atom is -0.494 e. The quantitative estimate of drug-likeness (QED) is 0.904. The predicted molar refractivity (Wildman–Crippen MR) is 78.5 cm³/mol. The summed E-state index contributed by atoms with van der Waals surface area (Å²) in [7, 11) is 0. The summed E-state index contributed by atoms with van der Waals surface area (Å²) in [5.74, 6) is -0.450. The molecule has 0 spiro atoms. The maximum Gasteiger partial charge on any atom is 0.306 e. The van der Waals surface area contributed by atoms with Crippen LogP contribution in [0.2, 0.25) is 0 Å². The standard InChI is InChI=1S/C16H21NO4/c1-2-10-21-14-5-3-4-13(11-14)15(18)17-8-6-12(7-9-17)16(19)20/h3-5,11-12H,2,6-10H2,1H3,(H,19,20). The number of rotatable bonds is 5. The molecule has 5 nitrogen and oxygen atoms in total. The van der Waals surface area contributed by atoms with Gasteiger partial charge >= 0.3 is 5.97 Å².